The van der Waals surface area contributed by atoms with Crippen molar-refractivity contribution in [2.45, 2.75) is 32.2 Å². The lowest BCUT2D eigenvalue weighted by Gasteiger charge is -2.24. The topological polar surface area (TPSA) is 97.1 Å². The largest absolute Gasteiger partial charge is 0.488 e. The molecule has 8 nitrogen and oxygen atoms in total. The lowest BCUT2D eigenvalue weighted by Crippen LogP contribution is -2.38. The molecule has 0 N–H and O–H groups in total. The first-order chi connectivity index (χ1) is 22.3. The maximum absolute atomic E-state index is 13.7. The third-order valence-electron chi connectivity index (χ3n) is 8.23. The number of Topliss-reactive ketones (excluding diaryl/α,β-unsaturated/α-hetero) is 1. The predicted octanol–water partition coefficient (Wildman–Crippen LogP) is 6.68. The van der Waals surface area contributed by atoms with E-state index in [0.29, 0.717) is 28.1 Å². The lowest BCUT2D eigenvalue weighted by atomic mass is 9.96. The van der Waals surface area contributed by atoms with Crippen molar-refractivity contribution in [2.24, 2.45) is 0 Å². The van der Waals surface area contributed by atoms with Crippen molar-refractivity contribution in [2.75, 3.05) is 30.3 Å². The molecule has 0 radical (unpaired) electrons. The van der Waals surface area contributed by atoms with Gasteiger partial charge >= 0.3 is 0 Å². The second-order valence-corrected chi connectivity index (χ2v) is 13.4. The number of nitrogens with zero attached hydrogens (tertiary/aromatic N) is 2. The van der Waals surface area contributed by atoms with Crippen molar-refractivity contribution in [1.29, 1.82) is 0 Å². The van der Waals surface area contributed by atoms with Crippen molar-refractivity contribution in [3.05, 3.63) is 131 Å². The first kappa shape index (κ1) is 31.1. The molecule has 9 heteroatoms. The lowest BCUT2D eigenvalue weighted by molar-refractivity contribution is 0.0686. The van der Waals surface area contributed by atoms with Gasteiger partial charge in [0.15, 0.2) is 17.1 Å². The number of ether oxygens (including phenoxy) is 1. The standard InChI is InChI=1S/C37H36N2O6S/c1-46(42,43)39(25-27-12-4-2-5-13-27)30-17-10-16-29(24-30)33(40)26-38(37(41)28-14-6-3-7-15-28)22-23-44-35-21-11-19-32-31-18-8-9-20-34(31)45-36(32)35/h2-7,10-17,19,21,24H,8-9,18,20,22-23,25-26H2,1H3. The number of para-hydroxylation sites is 1. The summed E-state index contributed by atoms with van der Waals surface area (Å²) >= 11 is 0. The number of benzene rings is 4. The Hall–Kier alpha value is -4.89. The highest BCUT2D eigenvalue weighted by atomic mass is 32.2. The molecule has 0 saturated carbocycles. The quantitative estimate of drug-likeness (QED) is 0.142. The number of furan rings is 1. The van der Waals surface area contributed by atoms with Gasteiger partial charge in [-0.15, -0.1) is 0 Å². The predicted molar refractivity (Wildman–Crippen MR) is 179 cm³/mol. The summed E-state index contributed by atoms with van der Waals surface area (Å²) < 4.78 is 39.2. The molecular weight excluding hydrogens is 600 g/mol. The maximum Gasteiger partial charge on any atom is 0.254 e. The fourth-order valence-corrected chi connectivity index (χ4v) is 6.78. The van der Waals surface area contributed by atoms with E-state index in [0.717, 1.165) is 48.6 Å². The fraction of sp³-hybridized carbons (Fsp3) is 0.243. The van der Waals surface area contributed by atoms with Crippen LogP contribution in [-0.4, -0.2) is 51.0 Å². The summed E-state index contributed by atoms with van der Waals surface area (Å²) in [5.41, 5.74) is 3.91. The number of amides is 1. The van der Waals surface area contributed by atoms with Crippen molar-refractivity contribution in [3.63, 3.8) is 0 Å². The van der Waals surface area contributed by atoms with Crippen LogP contribution >= 0.6 is 0 Å². The molecule has 5 aromatic rings. The van der Waals surface area contributed by atoms with Gasteiger partial charge in [-0.05, 0) is 55.2 Å². The minimum absolute atomic E-state index is 0.124. The molecular formula is C37H36N2O6S. The Kier molecular flexibility index (Phi) is 9.21. The zero-order valence-corrected chi connectivity index (χ0v) is 26.5. The average molecular weight is 637 g/mol. The van der Waals surface area contributed by atoms with Gasteiger partial charge in [-0.1, -0.05) is 72.8 Å². The van der Waals surface area contributed by atoms with Gasteiger partial charge in [0.25, 0.3) is 5.91 Å². The van der Waals surface area contributed by atoms with Crippen LogP contribution in [0.1, 0.15) is 50.4 Å². The first-order valence-corrected chi connectivity index (χ1v) is 17.3. The van der Waals surface area contributed by atoms with Gasteiger partial charge in [0.2, 0.25) is 10.0 Å². The molecule has 1 aliphatic carbocycles. The van der Waals surface area contributed by atoms with Crippen LogP contribution in [0.5, 0.6) is 5.75 Å². The highest BCUT2D eigenvalue weighted by Gasteiger charge is 2.24. The number of sulfonamides is 1. The van der Waals surface area contributed by atoms with Gasteiger partial charge < -0.3 is 14.1 Å². The fourth-order valence-electron chi connectivity index (χ4n) is 5.90. The van der Waals surface area contributed by atoms with Gasteiger partial charge in [0.05, 0.1) is 31.6 Å². The molecule has 4 aromatic carbocycles. The van der Waals surface area contributed by atoms with Crippen LogP contribution in [0.25, 0.3) is 11.0 Å². The molecule has 0 fully saturated rings. The summed E-state index contributed by atoms with van der Waals surface area (Å²) in [6, 6.07) is 30.4. The SMILES string of the molecule is CS(=O)(=O)N(Cc1ccccc1)c1cccc(C(=O)CN(CCOc2cccc3c4c(oc23)CCCC4)C(=O)c2ccccc2)c1. The summed E-state index contributed by atoms with van der Waals surface area (Å²) in [5.74, 6) is 1.00. The van der Waals surface area contributed by atoms with Crippen molar-refractivity contribution < 1.29 is 27.2 Å². The van der Waals surface area contributed by atoms with E-state index < -0.39 is 10.0 Å². The monoisotopic (exact) mass is 636 g/mol. The normalized spacial score (nSPS) is 12.8. The summed E-state index contributed by atoms with van der Waals surface area (Å²) in [6.45, 7) is 0.213. The molecule has 0 unspecified atom stereocenters. The van der Waals surface area contributed by atoms with Gasteiger partial charge in [-0.2, -0.15) is 0 Å². The number of carbonyl (C=O) groups is 2. The molecule has 1 heterocycles. The summed E-state index contributed by atoms with van der Waals surface area (Å²) in [7, 11) is -3.65. The van der Waals surface area contributed by atoms with E-state index >= 15 is 0 Å². The molecule has 0 spiro atoms. The van der Waals surface area contributed by atoms with E-state index in [2.05, 4.69) is 6.07 Å². The van der Waals surface area contributed by atoms with Crippen LogP contribution < -0.4 is 9.04 Å². The summed E-state index contributed by atoms with van der Waals surface area (Å²) in [5, 5.41) is 1.06. The highest BCUT2D eigenvalue weighted by molar-refractivity contribution is 7.92. The maximum atomic E-state index is 13.7. The van der Waals surface area contributed by atoms with Crippen molar-refractivity contribution in [3.8, 4) is 5.75 Å². The number of rotatable bonds is 12. The van der Waals surface area contributed by atoms with Crippen LogP contribution in [0.15, 0.2) is 108 Å². The number of aryl methyl sites for hydroxylation is 2. The van der Waals surface area contributed by atoms with Crippen molar-refractivity contribution in [1.82, 2.24) is 4.90 Å². The Balaban J connectivity index is 1.21. The average Bonchev–Trinajstić information content (AvgIpc) is 3.46. The molecule has 1 aliphatic rings. The van der Waals surface area contributed by atoms with Crippen LogP contribution in [-0.2, 0) is 29.4 Å². The number of anilines is 1. The third-order valence-corrected chi connectivity index (χ3v) is 9.37. The Labute approximate surface area is 269 Å². The van der Waals surface area contributed by atoms with Gasteiger partial charge in [0, 0.05) is 28.5 Å². The number of ketones is 1. The van der Waals surface area contributed by atoms with Crippen molar-refractivity contribution >= 4 is 38.4 Å². The van der Waals surface area contributed by atoms with Gasteiger partial charge in [-0.3, -0.25) is 13.9 Å². The summed E-state index contributed by atoms with van der Waals surface area (Å²) in [4.78, 5) is 28.8. The number of fused-ring (bicyclic) bond motifs is 3. The van der Waals surface area contributed by atoms with Crippen LogP contribution in [0.2, 0.25) is 0 Å². The molecule has 236 valence electrons. The Morgan fingerprint density at radius 1 is 0.826 bits per heavy atom. The zero-order chi connectivity index (χ0) is 32.1. The molecule has 0 atom stereocenters. The van der Waals surface area contributed by atoms with Gasteiger partial charge in [-0.25, -0.2) is 8.42 Å². The van der Waals surface area contributed by atoms with E-state index in [9.17, 15) is 18.0 Å². The van der Waals surface area contributed by atoms with Crippen LogP contribution in [0.4, 0.5) is 5.69 Å². The van der Waals surface area contributed by atoms with E-state index in [1.165, 1.54) is 14.8 Å². The van der Waals surface area contributed by atoms with E-state index in [4.69, 9.17) is 9.15 Å². The molecule has 1 aromatic heterocycles. The third kappa shape index (κ3) is 7.00. The Bertz CT molecular complexity index is 1950. The molecule has 1 amide bonds. The minimum atomic E-state index is -3.65. The number of carbonyl (C=O) groups excluding carboxylic acids is 2. The first-order valence-electron chi connectivity index (χ1n) is 15.4. The van der Waals surface area contributed by atoms with Gasteiger partial charge in [0.1, 0.15) is 12.4 Å². The molecule has 46 heavy (non-hydrogen) atoms. The molecule has 0 saturated heterocycles. The second-order valence-electron chi connectivity index (χ2n) is 11.5. The summed E-state index contributed by atoms with van der Waals surface area (Å²) in [6.07, 6.45) is 5.29. The van der Waals surface area contributed by atoms with E-state index in [1.807, 2.05) is 48.5 Å². The minimum Gasteiger partial charge on any atom is -0.488 e. The molecule has 6 rings (SSSR count). The van der Waals surface area contributed by atoms with Crippen LogP contribution in [0.3, 0.4) is 0 Å². The Morgan fingerprint density at radius 2 is 1.52 bits per heavy atom. The smallest absolute Gasteiger partial charge is 0.254 e. The van der Waals surface area contributed by atoms with E-state index in [-0.39, 0.29) is 37.9 Å². The zero-order valence-electron chi connectivity index (χ0n) is 25.7. The Morgan fingerprint density at radius 3 is 2.28 bits per heavy atom. The number of hydrogen-bond donors (Lipinski definition) is 0. The van der Waals surface area contributed by atoms with Crippen LogP contribution in [0, 0.1) is 0 Å². The molecule has 0 aliphatic heterocycles. The highest BCUT2D eigenvalue weighted by Crippen LogP contribution is 2.36. The second kappa shape index (κ2) is 13.6. The number of hydrogen-bond acceptors (Lipinski definition) is 6. The van der Waals surface area contributed by atoms with E-state index in [1.54, 1.807) is 48.5 Å². The molecule has 0 bridgehead atoms.